The van der Waals surface area contributed by atoms with E-state index in [0.29, 0.717) is 12.0 Å². The highest BCUT2D eigenvalue weighted by Gasteiger charge is 2.33. The van der Waals surface area contributed by atoms with Crippen LogP contribution in [0.2, 0.25) is 0 Å². The van der Waals surface area contributed by atoms with E-state index in [4.69, 9.17) is 9.73 Å². The van der Waals surface area contributed by atoms with Crippen LogP contribution in [0, 0.1) is 11.3 Å². The van der Waals surface area contributed by atoms with E-state index in [2.05, 4.69) is 46.1 Å². The Morgan fingerprint density at radius 1 is 1.45 bits per heavy atom. The summed E-state index contributed by atoms with van der Waals surface area (Å²) in [5.41, 5.74) is 0.0481. The van der Waals surface area contributed by atoms with Crippen molar-refractivity contribution in [2.24, 2.45) is 16.3 Å². The first-order valence-corrected chi connectivity index (χ1v) is 7.77. The van der Waals surface area contributed by atoms with Gasteiger partial charge in [-0.1, -0.05) is 40.7 Å². The van der Waals surface area contributed by atoms with Crippen molar-refractivity contribution in [2.75, 3.05) is 20.3 Å². The molecule has 1 unspecified atom stereocenters. The summed E-state index contributed by atoms with van der Waals surface area (Å²) >= 11 is 0. The normalized spacial score (nSPS) is 22.4. The SMILES string of the molecule is C=CC(N=C(N1CCC[C@H]1COC)C(C)(C)C)C(C)C. The van der Waals surface area contributed by atoms with Gasteiger partial charge >= 0.3 is 0 Å². The molecule has 1 aliphatic heterocycles. The number of methoxy groups -OCH3 is 1. The van der Waals surface area contributed by atoms with E-state index in [1.165, 1.54) is 18.7 Å². The van der Waals surface area contributed by atoms with Crippen molar-refractivity contribution in [2.45, 2.75) is 59.5 Å². The number of rotatable bonds is 5. The van der Waals surface area contributed by atoms with Crippen LogP contribution in [-0.4, -0.2) is 43.1 Å². The first-order valence-electron chi connectivity index (χ1n) is 7.77. The molecule has 0 aliphatic carbocycles. The third-order valence-corrected chi connectivity index (χ3v) is 3.87. The minimum Gasteiger partial charge on any atom is -0.383 e. The Morgan fingerprint density at radius 3 is 2.55 bits per heavy atom. The molecule has 0 radical (unpaired) electrons. The Morgan fingerprint density at radius 2 is 2.10 bits per heavy atom. The standard InChI is InChI=1S/C17H32N2O/c1-8-15(13(2)3)18-16(17(4,5)6)19-11-9-10-14(19)12-20-7/h8,13-15H,1,9-12H2,2-7H3/t14-,15?/m0/s1. The van der Waals surface area contributed by atoms with Gasteiger partial charge in [0.25, 0.3) is 0 Å². The predicted octanol–water partition coefficient (Wildman–Crippen LogP) is 3.75. The van der Waals surface area contributed by atoms with Crippen molar-refractivity contribution in [3.8, 4) is 0 Å². The molecule has 0 saturated carbocycles. The lowest BCUT2D eigenvalue weighted by Gasteiger charge is -2.36. The van der Waals surface area contributed by atoms with E-state index >= 15 is 0 Å². The molecule has 0 bridgehead atoms. The molecule has 1 fully saturated rings. The average molecular weight is 280 g/mol. The molecule has 3 nitrogen and oxygen atoms in total. The number of aliphatic imine (C=N–C) groups is 1. The zero-order valence-electron chi connectivity index (χ0n) is 14.1. The Hall–Kier alpha value is -0.830. The molecule has 1 saturated heterocycles. The summed E-state index contributed by atoms with van der Waals surface area (Å²) in [7, 11) is 1.78. The molecule has 0 aromatic heterocycles. The number of nitrogens with zero attached hydrogens (tertiary/aromatic N) is 2. The van der Waals surface area contributed by atoms with Gasteiger partial charge in [-0.15, -0.1) is 6.58 Å². The summed E-state index contributed by atoms with van der Waals surface area (Å²) in [6.07, 6.45) is 4.39. The highest BCUT2D eigenvalue weighted by molar-refractivity contribution is 5.88. The minimum atomic E-state index is 0.0481. The summed E-state index contributed by atoms with van der Waals surface area (Å²) in [5, 5.41) is 0. The molecule has 1 rings (SSSR count). The molecule has 20 heavy (non-hydrogen) atoms. The molecule has 0 aromatic carbocycles. The Kier molecular flexibility index (Phi) is 6.25. The molecular weight excluding hydrogens is 248 g/mol. The third-order valence-electron chi connectivity index (χ3n) is 3.87. The molecule has 0 N–H and O–H groups in total. The maximum Gasteiger partial charge on any atom is 0.105 e. The van der Waals surface area contributed by atoms with Crippen LogP contribution >= 0.6 is 0 Å². The minimum absolute atomic E-state index is 0.0481. The average Bonchev–Trinajstić information content (AvgIpc) is 2.76. The molecular formula is C17H32N2O. The van der Waals surface area contributed by atoms with Gasteiger partial charge in [-0.25, -0.2) is 0 Å². The molecule has 1 heterocycles. The van der Waals surface area contributed by atoms with Gasteiger partial charge in [0.1, 0.15) is 5.84 Å². The maximum absolute atomic E-state index is 5.38. The van der Waals surface area contributed by atoms with Crippen LogP contribution in [-0.2, 0) is 4.74 Å². The van der Waals surface area contributed by atoms with Crippen LogP contribution < -0.4 is 0 Å². The molecule has 0 spiro atoms. The molecule has 116 valence electrons. The van der Waals surface area contributed by atoms with Crippen LogP contribution in [0.4, 0.5) is 0 Å². The number of hydrogen-bond donors (Lipinski definition) is 0. The monoisotopic (exact) mass is 280 g/mol. The van der Waals surface area contributed by atoms with Gasteiger partial charge in [0, 0.05) is 19.1 Å². The smallest absolute Gasteiger partial charge is 0.105 e. The molecule has 0 aromatic rings. The third kappa shape index (κ3) is 4.34. The van der Waals surface area contributed by atoms with E-state index in [1.54, 1.807) is 7.11 Å². The van der Waals surface area contributed by atoms with E-state index < -0.39 is 0 Å². The quantitative estimate of drug-likeness (QED) is 0.435. The first kappa shape index (κ1) is 17.2. The van der Waals surface area contributed by atoms with Crippen LogP contribution in [0.15, 0.2) is 17.6 Å². The highest BCUT2D eigenvalue weighted by Crippen LogP contribution is 2.28. The fourth-order valence-corrected chi connectivity index (χ4v) is 2.79. The van der Waals surface area contributed by atoms with Crippen LogP contribution in [0.25, 0.3) is 0 Å². The van der Waals surface area contributed by atoms with Gasteiger partial charge in [0.15, 0.2) is 0 Å². The lowest BCUT2D eigenvalue weighted by Crippen LogP contribution is -2.45. The summed E-state index contributed by atoms with van der Waals surface area (Å²) in [6, 6.07) is 0.656. The molecule has 1 aliphatic rings. The molecule has 2 atom stereocenters. The van der Waals surface area contributed by atoms with Crippen LogP contribution in [0.1, 0.15) is 47.5 Å². The number of hydrogen-bond acceptors (Lipinski definition) is 2. The van der Waals surface area contributed by atoms with E-state index in [9.17, 15) is 0 Å². The van der Waals surface area contributed by atoms with E-state index in [0.717, 1.165) is 13.2 Å². The fraction of sp³-hybridized carbons (Fsp3) is 0.824. The fourth-order valence-electron chi connectivity index (χ4n) is 2.79. The van der Waals surface area contributed by atoms with E-state index in [1.807, 2.05) is 6.08 Å². The second-order valence-corrected chi connectivity index (χ2v) is 7.12. The summed E-state index contributed by atoms with van der Waals surface area (Å²) in [5.74, 6) is 1.68. The molecule has 0 amide bonds. The summed E-state index contributed by atoms with van der Waals surface area (Å²) < 4.78 is 5.38. The Labute approximate surface area is 125 Å². The van der Waals surface area contributed by atoms with Crippen LogP contribution in [0.3, 0.4) is 0 Å². The van der Waals surface area contributed by atoms with Gasteiger partial charge in [-0.2, -0.15) is 0 Å². The molecule has 3 heteroatoms. The Bertz CT molecular complexity index is 341. The largest absolute Gasteiger partial charge is 0.383 e. The summed E-state index contributed by atoms with van der Waals surface area (Å²) in [6.45, 7) is 17.0. The zero-order chi connectivity index (χ0) is 15.3. The second-order valence-electron chi connectivity index (χ2n) is 7.12. The maximum atomic E-state index is 5.38. The predicted molar refractivity (Wildman–Crippen MR) is 87.3 cm³/mol. The van der Waals surface area contributed by atoms with Crippen molar-refractivity contribution in [3.63, 3.8) is 0 Å². The van der Waals surface area contributed by atoms with Gasteiger partial charge in [0.05, 0.1) is 18.7 Å². The van der Waals surface area contributed by atoms with Crippen molar-refractivity contribution in [3.05, 3.63) is 12.7 Å². The number of amidine groups is 1. The van der Waals surface area contributed by atoms with Gasteiger partial charge in [-0.3, -0.25) is 4.99 Å². The zero-order valence-corrected chi connectivity index (χ0v) is 14.1. The van der Waals surface area contributed by atoms with Crippen molar-refractivity contribution < 1.29 is 4.74 Å². The van der Waals surface area contributed by atoms with Gasteiger partial charge < -0.3 is 9.64 Å². The lowest BCUT2D eigenvalue weighted by atomic mass is 9.92. The van der Waals surface area contributed by atoms with Gasteiger partial charge in [0.2, 0.25) is 0 Å². The second kappa shape index (κ2) is 7.26. The van der Waals surface area contributed by atoms with Crippen molar-refractivity contribution in [1.29, 1.82) is 0 Å². The van der Waals surface area contributed by atoms with Crippen molar-refractivity contribution >= 4 is 5.84 Å². The van der Waals surface area contributed by atoms with Crippen LogP contribution in [0.5, 0.6) is 0 Å². The summed E-state index contributed by atoms with van der Waals surface area (Å²) in [4.78, 5) is 7.51. The van der Waals surface area contributed by atoms with Crippen molar-refractivity contribution in [1.82, 2.24) is 4.90 Å². The lowest BCUT2D eigenvalue weighted by molar-refractivity contribution is 0.141. The first-order chi connectivity index (χ1) is 9.31. The van der Waals surface area contributed by atoms with E-state index in [-0.39, 0.29) is 11.5 Å². The number of ether oxygens (including phenoxy) is 1. The Balaban J connectivity index is 3.06. The van der Waals surface area contributed by atoms with Gasteiger partial charge in [-0.05, 0) is 18.8 Å². The highest BCUT2D eigenvalue weighted by atomic mass is 16.5. The topological polar surface area (TPSA) is 24.8 Å². The number of likely N-dealkylation sites (tertiary alicyclic amines) is 1.